The van der Waals surface area contributed by atoms with E-state index in [0.717, 1.165) is 104 Å². The summed E-state index contributed by atoms with van der Waals surface area (Å²) in [7, 11) is 0. The van der Waals surface area contributed by atoms with Crippen molar-refractivity contribution < 1.29 is 5.11 Å². The first-order chi connectivity index (χ1) is 20.2. The first-order valence-electron chi connectivity index (χ1n) is 14.7. The number of nitrogens with two attached hydrogens (primary N) is 1. The summed E-state index contributed by atoms with van der Waals surface area (Å²) in [5, 5.41) is 15.2. The Hall–Kier alpha value is -3.86. The number of piperazine rings is 1. The molecule has 0 bridgehead atoms. The van der Waals surface area contributed by atoms with Crippen molar-refractivity contribution in [2.45, 2.75) is 44.2 Å². The number of aliphatic hydroxyl groups is 1. The molecule has 7 rings (SSSR count). The van der Waals surface area contributed by atoms with Gasteiger partial charge in [-0.15, -0.1) is 0 Å². The van der Waals surface area contributed by atoms with E-state index in [-0.39, 0.29) is 12.6 Å². The third-order valence-corrected chi connectivity index (χ3v) is 8.89. The molecule has 4 heterocycles. The highest BCUT2D eigenvalue weighted by Gasteiger charge is 2.31. The van der Waals surface area contributed by atoms with Crippen LogP contribution in [0.15, 0.2) is 54.9 Å². The maximum Gasteiger partial charge on any atom is 0.164 e. The van der Waals surface area contributed by atoms with Crippen LogP contribution in [0.3, 0.4) is 0 Å². The largest absolute Gasteiger partial charge is 0.395 e. The van der Waals surface area contributed by atoms with Crippen LogP contribution < -0.4 is 5.73 Å². The molecule has 2 fully saturated rings. The summed E-state index contributed by atoms with van der Waals surface area (Å²) in [6.07, 6.45) is 6.70. The van der Waals surface area contributed by atoms with Crippen LogP contribution in [0.5, 0.6) is 0 Å². The Bertz CT molecular complexity index is 1630. The number of fused-ring (bicyclic) bond motifs is 2. The smallest absolute Gasteiger partial charge is 0.164 e. The maximum absolute atomic E-state index is 9.25. The molecule has 10 nitrogen and oxygen atoms in total. The van der Waals surface area contributed by atoms with Crippen molar-refractivity contribution in [3.8, 4) is 11.3 Å². The molecule has 3 aromatic heterocycles. The van der Waals surface area contributed by atoms with E-state index < -0.39 is 0 Å². The topological polar surface area (TPSA) is 125 Å². The van der Waals surface area contributed by atoms with E-state index >= 15 is 0 Å². The van der Waals surface area contributed by atoms with Crippen LogP contribution in [0.25, 0.3) is 33.3 Å². The number of imidazole rings is 1. The van der Waals surface area contributed by atoms with Crippen LogP contribution in [0.1, 0.15) is 43.1 Å². The fourth-order valence-corrected chi connectivity index (χ4v) is 6.69. The number of hydrogen-bond donors (Lipinski definition) is 3. The molecule has 0 unspecified atom stereocenters. The number of nitrogen functional groups attached to an aromatic ring is 1. The molecule has 2 aliphatic rings. The number of nitrogens with zero attached hydrogens (tertiary/aromatic N) is 7. The summed E-state index contributed by atoms with van der Waals surface area (Å²) in [6.45, 7) is 5.26. The van der Waals surface area contributed by atoms with E-state index in [4.69, 9.17) is 15.8 Å². The fraction of sp³-hybridized carbons (Fsp3) is 0.419. The molecule has 1 aliphatic carbocycles. The highest BCUT2D eigenvalue weighted by Crippen LogP contribution is 2.37. The quantitative estimate of drug-likeness (QED) is 0.280. The Balaban J connectivity index is 1.13. The standard InChI is InChI=1S/C31H37N9O/c32-30-28-29(22-6-11-25-26(19-22)36-27(35-25)18-21-4-2-1-3-5-21)37-40(31(28)34-20-33-30)24-9-7-23(8-10-24)39-14-12-38(13-15-39)16-17-41/h1-6,11,19-20,23-24,41H,7-10,12-18H2,(H,35,36)(H2,32,33,34)/t23-,24-. The predicted molar refractivity (Wildman–Crippen MR) is 160 cm³/mol. The minimum atomic E-state index is 0.240. The van der Waals surface area contributed by atoms with Gasteiger partial charge in [0, 0.05) is 50.7 Å². The summed E-state index contributed by atoms with van der Waals surface area (Å²) < 4.78 is 2.10. The molecule has 0 spiro atoms. The SMILES string of the molecule is Nc1ncnc2c1c(-c1ccc3[nH]c(Cc4ccccc4)nc3c1)nn2[C@H]1CC[C@H](N2CCN(CCO)CC2)CC1. The van der Waals surface area contributed by atoms with Gasteiger partial charge in [0.15, 0.2) is 5.65 Å². The number of H-pyrrole nitrogens is 1. The highest BCUT2D eigenvalue weighted by atomic mass is 16.3. The van der Waals surface area contributed by atoms with Crippen molar-refractivity contribution in [1.82, 2.24) is 39.5 Å². The zero-order valence-electron chi connectivity index (χ0n) is 23.3. The average Bonchev–Trinajstić information content (AvgIpc) is 3.60. The van der Waals surface area contributed by atoms with Crippen LogP contribution in [0, 0.1) is 0 Å². The molecular formula is C31H37N9O. The summed E-state index contributed by atoms with van der Waals surface area (Å²) in [5.74, 6) is 1.39. The molecule has 5 aromatic rings. The molecule has 0 amide bonds. The number of aromatic amines is 1. The number of aromatic nitrogens is 6. The van der Waals surface area contributed by atoms with Crippen LogP contribution in [-0.2, 0) is 6.42 Å². The van der Waals surface area contributed by atoms with E-state index in [9.17, 15) is 5.11 Å². The van der Waals surface area contributed by atoms with E-state index in [0.29, 0.717) is 11.9 Å². The summed E-state index contributed by atoms with van der Waals surface area (Å²) >= 11 is 0. The van der Waals surface area contributed by atoms with Gasteiger partial charge in [-0.2, -0.15) is 5.10 Å². The monoisotopic (exact) mass is 551 g/mol. The third kappa shape index (κ3) is 5.18. The van der Waals surface area contributed by atoms with Crippen molar-refractivity contribution in [2.24, 2.45) is 0 Å². The lowest BCUT2D eigenvalue weighted by molar-refractivity contribution is 0.0629. The molecule has 2 aromatic carbocycles. The van der Waals surface area contributed by atoms with Gasteiger partial charge in [-0.05, 0) is 43.4 Å². The molecule has 41 heavy (non-hydrogen) atoms. The Labute approximate surface area is 239 Å². The summed E-state index contributed by atoms with van der Waals surface area (Å²) in [5.41, 5.74) is 12.2. The minimum absolute atomic E-state index is 0.240. The van der Waals surface area contributed by atoms with Gasteiger partial charge < -0.3 is 15.8 Å². The number of nitrogens with one attached hydrogen (secondary N) is 1. The van der Waals surface area contributed by atoms with Gasteiger partial charge in [-0.3, -0.25) is 9.80 Å². The zero-order chi connectivity index (χ0) is 27.8. The number of rotatable bonds is 7. The Morgan fingerprint density at radius 3 is 2.49 bits per heavy atom. The Morgan fingerprint density at radius 1 is 0.927 bits per heavy atom. The van der Waals surface area contributed by atoms with Crippen molar-refractivity contribution >= 4 is 27.9 Å². The van der Waals surface area contributed by atoms with E-state index in [1.54, 1.807) is 6.33 Å². The van der Waals surface area contributed by atoms with Gasteiger partial charge in [-0.1, -0.05) is 36.4 Å². The van der Waals surface area contributed by atoms with Crippen molar-refractivity contribution in [1.29, 1.82) is 0 Å². The van der Waals surface area contributed by atoms with Crippen LogP contribution in [-0.4, -0.2) is 90.0 Å². The average molecular weight is 552 g/mol. The van der Waals surface area contributed by atoms with Gasteiger partial charge in [0.05, 0.1) is 29.1 Å². The van der Waals surface area contributed by atoms with Crippen molar-refractivity contribution in [2.75, 3.05) is 45.1 Å². The molecular weight excluding hydrogens is 514 g/mol. The second kappa shape index (κ2) is 11.2. The lowest BCUT2D eigenvalue weighted by atomic mass is 9.90. The van der Waals surface area contributed by atoms with Crippen molar-refractivity contribution in [3.63, 3.8) is 0 Å². The number of hydrogen-bond acceptors (Lipinski definition) is 8. The van der Waals surface area contributed by atoms with E-state index in [2.05, 4.69) is 71.9 Å². The zero-order valence-corrected chi connectivity index (χ0v) is 23.3. The molecule has 10 heteroatoms. The predicted octanol–water partition coefficient (Wildman–Crippen LogP) is 3.64. The molecule has 0 atom stereocenters. The van der Waals surface area contributed by atoms with Gasteiger partial charge >= 0.3 is 0 Å². The molecule has 1 saturated heterocycles. The second-order valence-corrected chi connectivity index (χ2v) is 11.4. The highest BCUT2D eigenvalue weighted by molar-refractivity contribution is 5.99. The normalized spacial score (nSPS) is 20.7. The lowest BCUT2D eigenvalue weighted by Gasteiger charge is -2.41. The molecule has 212 valence electrons. The van der Waals surface area contributed by atoms with Gasteiger partial charge in [-0.25, -0.2) is 19.6 Å². The van der Waals surface area contributed by atoms with Crippen LogP contribution in [0.2, 0.25) is 0 Å². The van der Waals surface area contributed by atoms with Gasteiger partial charge in [0.25, 0.3) is 0 Å². The fourth-order valence-electron chi connectivity index (χ4n) is 6.69. The first kappa shape index (κ1) is 26.1. The molecule has 1 saturated carbocycles. The van der Waals surface area contributed by atoms with Crippen LogP contribution in [0.4, 0.5) is 5.82 Å². The summed E-state index contributed by atoms with van der Waals surface area (Å²) in [4.78, 5) is 22.3. The number of anilines is 1. The molecule has 0 radical (unpaired) electrons. The van der Waals surface area contributed by atoms with Crippen LogP contribution >= 0.6 is 0 Å². The van der Waals surface area contributed by atoms with Crippen molar-refractivity contribution in [3.05, 3.63) is 66.2 Å². The Kier molecular flexibility index (Phi) is 7.12. The van der Waals surface area contributed by atoms with Gasteiger partial charge in [0.1, 0.15) is 23.7 Å². The molecule has 4 N–H and O–H groups in total. The lowest BCUT2D eigenvalue weighted by Crippen LogP contribution is -2.51. The second-order valence-electron chi connectivity index (χ2n) is 11.4. The van der Waals surface area contributed by atoms with Gasteiger partial charge in [0.2, 0.25) is 0 Å². The summed E-state index contributed by atoms with van der Waals surface area (Å²) in [6, 6.07) is 17.5. The Morgan fingerprint density at radius 2 is 1.71 bits per heavy atom. The number of benzene rings is 2. The molecule has 1 aliphatic heterocycles. The first-order valence-corrected chi connectivity index (χ1v) is 14.7. The minimum Gasteiger partial charge on any atom is -0.395 e. The number of aliphatic hydroxyl groups excluding tert-OH is 1. The van der Waals surface area contributed by atoms with E-state index in [1.165, 1.54) is 5.56 Å². The maximum atomic E-state index is 9.25. The third-order valence-electron chi connectivity index (χ3n) is 8.89. The van der Waals surface area contributed by atoms with E-state index in [1.807, 2.05) is 6.07 Å². The number of β-amino-alcohol motifs (C(OH)–C–C–N with tert-alkyl or cyclic N) is 1.